The van der Waals surface area contributed by atoms with Crippen LogP contribution in [-0.2, 0) is 19.1 Å². The summed E-state index contributed by atoms with van der Waals surface area (Å²) in [5, 5.41) is 11.7. The van der Waals surface area contributed by atoms with Gasteiger partial charge in [-0.3, -0.25) is 14.4 Å². The van der Waals surface area contributed by atoms with E-state index < -0.39 is 53.5 Å². The van der Waals surface area contributed by atoms with Gasteiger partial charge < -0.3 is 34.9 Å². The molecular weight excluding hydrogens is 563 g/mol. The van der Waals surface area contributed by atoms with Crippen LogP contribution in [0.3, 0.4) is 0 Å². The summed E-state index contributed by atoms with van der Waals surface area (Å²) in [4.78, 5) is 55.1. The Bertz CT molecular complexity index is 1370. The van der Waals surface area contributed by atoms with Crippen molar-refractivity contribution < 1.29 is 42.6 Å². The van der Waals surface area contributed by atoms with Gasteiger partial charge in [0.25, 0.3) is 0 Å². The van der Waals surface area contributed by atoms with Crippen LogP contribution in [0.4, 0.5) is 9.18 Å². The molecule has 0 unspecified atom stereocenters. The molecule has 1 aromatic carbocycles. The average Bonchev–Trinajstić information content (AvgIpc) is 3.37. The highest BCUT2D eigenvalue weighted by molar-refractivity contribution is 5.91. The number of fused-ring (bicyclic) bond motifs is 1. The number of alkyl carbamates (subject to hydrolysis) is 1. The van der Waals surface area contributed by atoms with Gasteiger partial charge in [0.15, 0.2) is 11.4 Å². The van der Waals surface area contributed by atoms with Crippen molar-refractivity contribution >= 4 is 35.0 Å². The number of aromatic nitrogens is 1. The number of halogens is 1. The van der Waals surface area contributed by atoms with Crippen LogP contribution in [0.25, 0.3) is 11.1 Å². The third-order valence-electron chi connectivity index (χ3n) is 7.38. The largest absolute Gasteiger partial charge is 0.481 e. The summed E-state index contributed by atoms with van der Waals surface area (Å²) in [5.74, 6) is -2.77. The average molecular weight is 603 g/mol. The number of ether oxygens (including phenoxy) is 2. The zero-order chi connectivity index (χ0) is 31.3. The van der Waals surface area contributed by atoms with Crippen molar-refractivity contribution in [2.75, 3.05) is 6.54 Å². The molecule has 43 heavy (non-hydrogen) atoms. The molecule has 4 N–H and O–H groups in total. The quantitative estimate of drug-likeness (QED) is 0.227. The third-order valence-corrected chi connectivity index (χ3v) is 7.38. The van der Waals surface area contributed by atoms with Crippen LogP contribution in [0.1, 0.15) is 65.7 Å². The number of nitrogens with one attached hydrogen (secondary N) is 1. The Morgan fingerprint density at radius 2 is 2.00 bits per heavy atom. The maximum atomic E-state index is 14.0. The number of primary amides is 1. The minimum atomic E-state index is -0.997. The highest BCUT2D eigenvalue weighted by Crippen LogP contribution is 2.39. The Morgan fingerprint density at radius 1 is 1.23 bits per heavy atom. The van der Waals surface area contributed by atoms with Gasteiger partial charge in [-0.1, -0.05) is 31.1 Å². The molecule has 0 radical (unpaired) electrons. The summed E-state index contributed by atoms with van der Waals surface area (Å²) in [6.07, 6.45) is 6.26. The normalized spacial score (nSPS) is 22.5. The molecule has 1 saturated carbocycles. The third kappa shape index (κ3) is 8.68. The summed E-state index contributed by atoms with van der Waals surface area (Å²) in [7, 11) is 0. The van der Waals surface area contributed by atoms with Gasteiger partial charge in [-0.25, -0.2) is 9.18 Å². The fourth-order valence-electron chi connectivity index (χ4n) is 5.16. The minimum Gasteiger partial charge on any atom is -0.481 e. The lowest BCUT2D eigenvalue weighted by Gasteiger charge is -2.28. The van der Waals surface area contributed by atoms with E-state index in [-0.39, 0.29) is 42.0 Å². The number of carbonyl (C=O) groups is 4. The molecule has 1 aliphatic carbocycles. The number of hydrogen-bond acceptors (Lipinski definition) is 8. The van der Waals surface area contributed by atoms with Gasteiger partial charge in [0, 0.05) is 6.42 Å². The van der Waals surface area contributed by atoms with Crippen molar-refractivity contribution in [3.05, 3.63) is 36.2 Å². The summed E-state index contributed by atoms with van der Waals surface area (Å²) in [5.41, 5.74) is 5.05. The van der Waals surface area contributed by atoms with Crippen molar-refractivity contribution in [1.29, 1.82) is 0 Å². The number of benzene rings is 1. The highest BCUT2D eigenvalue weighted by atomic mass is 19.1. The number of likely N-dealkylation sites (tertiary alicyclic amines) is 1. The van der Waals surface area contributed by atoms with Crippen LogP contribution in [0, 0.1) is 17.7 Å². The number of nitrogens with two attached hydrogens (primary N) is 1. The first-order chi connectivity index (χ1) is 20.3. The lowest BCUT2D eigenvalue weighted by molar-refractivity contribution is -0.139. The molecule has 1 aliphatic heterocycles. The van der Waals surface area contributed by atoms with E-state index in [1.165, 1.54) is 17.0 Å². The Labute approximate surface area is 248 Å². The number of unbranched alkanes of at least 4 members (excludes halogenated alkanes) is 3. The molecule has 0 spiro atoms. The number of para-hydroxylation sites is 1. The monoisotopic (exact) mass is 602 g/mol. The topological polar surface area (TPSA) is 174 Å². The predicted molar refractivity (Wildman–Crippen MR) is 152 cm³/mol. The van der Waals surface area contributed by atoms with E-state index in [9.17, 15) is 23.6 Å². The van der Waals surface area contributed by atoms with E-state index in [1.54, 1.807) is 26.8 Å². The van der Waals surface area contributed by atoms with Crippen LogP contribution in [0.15, 0.2) is 34.8 Å². The van der Waals surface area contributed by atoms with E-state index in [0.29, 0.717) is 19.3 Å². The van der Waals surface area contributed by atoms with Gasteiger partial charge >= 0.3 is 18.1 Å². The number of allylic oxidation sites excluding steroid dienone is 2. The number of hydrogen-bond donors (Lipinski definition) is 3. The minimum absolute atomic E-state index is 0.0244. The van der Waals surface area contributed by atoms with Crippen LogP contribution in [0.2, 0.25) is 0 Å². The smallest absolute Gasteiger partial charge is 0.408 e. The number of carboxylic acid groups (broad SMARTS) is 1. The number of carboxylic acids is 1. The standard InChI is InChI=1S/C30H39FN4O8/c1-30(2,3)43-28(40)33-22(12-8-6-4-5-7-10-17-14-19(17)27(38)39)26(37)35-16-18(15-23(35)25(32)36)41-29-34-21-13-9-11-20(31)24(21)42-29/h7,9-11,13,17-19,22-23H,4-6,8,12,14-16H2,1-3H3,(H2,32,36)(H,33,40)(H,38,39)/b10-7-/t17-,18-,19+,22+,23+/m1/s1. The molecule has 3 amide bonds. The molecule has 2 heterocycles. The predicted octanol–water partition coefficient (Wildman–Crippen LogP) is 3.92. The molecule has 2 aromatic rings. The lowest BCUT2D eigenvalue weighted by atomic mass is 10.0. The molecule has 2 aliphatic rings. The van der Waals surface area contributed by atoms with Crippen LogP contribution in [-0.4, -0.2) is 69.2 Å². The molecule has 1 aromatic heterocycles. The molecule has 0 bridgehead atoms. The van der Waals surface area contributed by atoms with Gasteiger partial charge in [0.05, 0.1) is 12.5 Å². The Balaban J connectivity index is 1.37. The summed E-state index contributed by atoms with van der Waals surface area (Å²) < 4.78 is 30.6. The van der Waals surface area contributed by atoms with Crippen LogP contribution >= 0.6 is 0 Å². The Kier molecular flexibility index (Phi) is 9.92. The van der Waals surface area contributed by atoms with E-state index in [1.807, 2.05) is 12.2 Å². The summed E-state index contributed by atoms with van der Waals surface area (Å²) in [6.45, 7) is 5.10. The maximum Gasteiger partial charge on any atom is 0.408 e. The second kappa shape index (κ2) is 13.4. The second-order valence-corrected chi connectivity index (χ2v) is 12.1. The van der Waals surface area contributed by atoms with Crippen molar-refractivity contribution in [3.63, 3.8) is 0 Å². The van der Waals surface area contributed by atoms with Crippen molar-refractivity contribution in [2.24, 2.45) is 17.6 Å². The zero-order valence-electron chi connectivity index (χ0n) is 24.6. The molecule has 2 fully saturated rings. The molecule has 13 heteroatoms. The van der Waals surface area contributed by atoms with Crippen molar-refractivity contribution in [2.45, 2.75) is 89.5 Å². The van der Waals surface area contributed by atoms with Crippen molar-refractivity contribution in [3.8, 4) is 6.08 Å². The second-order valence-electron chi connectivity index (χ2n) is 12.1. The maximum absolute atomic E-state index is 14.0. The number of nitrogens with zero attached hydrogens (tertiary/aromatic N) is 2. The van der Waals surface area contributed by atoms with Gasteiger partial charge in [0.1, 0.15) is 29.3 Å². The Morgan fingerprint density at radius 3 is 2.65 bits per heavy atom. The lowest BCUT2D eigenvalue weighted by Crippen LogP contribution is -2.53. The van der Waals surface area contributed by atoms with E-state index in [4.69, 9.17) is 24.7 Å². The molecule has 5 atom stereocenters. The van der Waals surface area contributed by atoms with Gasteiger partial charge in [-0.2, -0.15) is 4.98 Å². The van der Waals surface area contributed by atoms with Crippen LogP contribution < -0.4 is 15.8 Å². The first kappa shape index (κ1) is 31.8. The summed E-state index contributed by atoms with van der Waals surface area (Å²) in [6, 6.07) is 2.31. The SMILES string of the molecule is CC(C)(C)OC(=O)N[C@@H](CCCCC/C=C\[C@@H]1C[C@@H]1C(=O)O)C(=O)N1C[C@H](Oc2nc3cccc(F)c3o2)C[C@H]1C(N)=O. The molecular formula is C30H39FN4O8. The van der Waals surface area contributed by atoms with Crippen LogP contribution in [0.5, 0.6) is 6.08 Å². The summed E-state index contributed by atoms with van der Waals surface area (Å²) >= 11 is 0. The first-order valence-electron chi connectivity index (χ1n) is 14.5. The Hall–Kier alpha value is -4.16. The molecule has 1 saturated heterocycles. The number of rotatable bonds is 13. The number of aliphatic carboxylic acids is 1. The van der Waals surface area contributed by atoms with E-state index in [0.717, 1.165) is 19.3 Å². The van der Waals surface area contributed by atoms with Crippen molar-refractivity contribution in [1.82, 2.24) is 15.2 Å². The number of oxazole rings is 1. The fraction of sp³-hybridized carbons (Fsp3) is 0.567. The molecule has 4 rings (SSSR count). The van der Waals surface area contributed by atoms with E-state index in [2.05, 4.69) is 10.3 Å². The number of carbonyl (C=O) groups excluding carboxylic acids is 3. The van der Waals surface area contributed by atoms with E-state index >= 15 is 0 Å². The zero-order valence-corrected chi connectivity index (χ0v) is 24.6. The van der Waals surface area contributed by atoms with Gasteiger partial charge in [-0.15, -0.1) is 0 Å². The molecule has 12 nitrogen and oxygen atoms in total. The fourth-order valence-corrected chi connectivity index (χ4v) is 5.16. The first-order valence-corrected chi connectivity index (χ1v) is 14.5. The van der Waals surface area contributed by atoms with Gasteiger partial charge in [-0.05, 0) is 64.5 Å². The van der Waals surface area contributed by atoms with Gasteiger partial charge in [0.2, 0.25) is 11.8 Å². The number of amides is 3. The molecule has 234 valence electrons. The highest BCUT2D eigenvalue weighted by Gasteiger charge is 2.43.